The molecule has 1 aliphatic rings. The molecule has 0 unspecified atom stereocenters. The van der Waals surface area contributed by atoms with E-state index in [0.29, 0.717) is 25.4 Å². The van der Waals surface area contributed by atoms with E-state index in [1.54, 1.807) is 24.4 Å². The highest BCUT2D eigenvalue weighted by Gasteiger charge is 2.19. The lowest BCUT2D eigenvalue weighted by Crippen LogP contribution is -2.41. The molecule has 0 radical (unpaired) electrons. The van der Waals surface area contributed by atoms with Gasteiger partial charge in [-0.15, -0.1) is 0 Å². The highest BCUT2D eigenvalue weighted by atomic mass is 19.1. The quantitative estimate of drug-likeness (QED) is 0.782. The Kier molecular flexibility index (Phi) is 5.22. The van der Waals surface area contributed by atoms with Crippen LogP contribution in [0.5, 0.6) is 0 Å². The summed E-state index contributed by atoms with van der Waals surface area (Å²) in [4.78, 5) is 14.4. The molecule has 0 amide bonds. The van der Waals surface area contributed by atoms with Crippen molar-refractivity contribution in [1.29, 1.82) is 0 Å². The first-order valence-corrected chi connectivity index (χ1v) is 7.94. The number of hydrogen-bond acceptors (Lipinski definition) is 5. The van der Waals surface area contributed by atoms with E-state index in [9.17, 15) is 9.18 Å². The highest BCUT2D eigenvalue weighted by Crippen LogP contribution is 2.10. The Hall–Kier alpha value is -2.25. The van der Waals surface area contributed by atoms with Gasteiger partial charge in [-0.25, -0.2) is 13.9 Å². The Morgan fingerprint density at radius 3 is 2.71 bits per heavy atom. The summed E-state index contributed by atoms with van der Waals surface area (Å²) >= 11 is 0. The molecule has 1 aliphatic heterocycles. The molecule has 1 aromatic heterocycles. The van der Waals surface area contributed by atoms with E-state index < -0.39 is 5.97 Å². The number of halogens is 1. The summed E-state index contributed by atoms with van der Waals surface area (Å²) < 4.78 is 25.2. The average molecular weight is 333 g/mol. The smallest absolute Gasteiger partial charge is 0.359 e. The molecule has 6 nitrogen and oxygen atoms in total. The van der Waals surface area contributed by atoms with Crippen molar-refractivity contribution in [3.63, 3.8) is 0 Å². The Morgan fingerprint density at radius 2 is 2.00 bits per heavy atom. The molecule has 1 atom stereocenters. The second kappa shape index (κ2) is 7.55. The van der Waals surface area contributed by atoms with Gasteiger partial charge >= 0.3 is 5.97 Å². The summed E-state index contributed by atoms with van der Waals surface area (Å²) in [6.45, 7) is 5.66. The van der Waals surface area contributed by atoms with Gasteiger partial charge in [-0.05, 0) is 37.3 Å². The number of nitrogens with zero attached hydrogens (tertiary/aromatic N) is 3. The summed E-state index contributed by atoms with van der Waals surface area (Å²) in [6, 6.07) is 7.48. The molecule has 1 saturated heterocycles. The van der Waals surface area contributed by atoms with E-state index in [-0.39, 0.29) is 17.6 Å². The second-order valence-corrected chi connectivity index (χ2v) is 5.75. The minimum Gasteiger partial charge on any atom is -0.457 e. The van der Waals surface area contributed by atoms with E-state index in [2.05, 4.69) is 10.00 Å². The molecule has 0 bridgehead atoms. The Morgan fingerprint density at radius 1 is 1.29 bits per heavy atom. The summed E-state index contributed by atoms with van der Waals surface area (Å²) in [5.74, 6) is -0.779. The van der Waals surface area contributed by atoms with Gasteiger partial charge in [0.2, 0.25) is 0 Å². The van der Waals surface area contributed by atoms with E-state index in [4.69, 9.17) is 9.47 Å². The van der Waals surface area contributed by atoms with Crippen LogP contribution in [0.15, 0.2) is 36.5 Å². The van der Waals surface area contributed by atoms with E-state index in [0.717, 1.165) is 13.1 Å². The third kappa shape index (κ3) is 4.18. The Bertz CT molecular complexity index is 681. The molecule has 128 valence electrons. The van der Waals surface area contributed by atoms with Crippen LogP contribution >= 0.6 is 0 Å². The van der Waals surface area contributed by atoms with Crippen molar-refractivity contribution in [1.82, 2.24) is 14.7 Å². The van der Waals surface area contributed by atoms with Crippen molar-refractivity contribution in [2.45, 2.75) is 13.0 Å². The minimum absolute atomic E-state index is 0.230. The van der Waals surface area contributed by atoms with Gasteiger partial charge in [0.25, 0.3) is 0 Å². The zero-order valence-electron chi connectivity index (χ0n) is 13.5. The fourth-order valence-corrected chi connectivity index (χ4v) is 2.60. The molecule has 1 fully saturated rings. The number of morpholine rings is 1. The molecule has 1 aromatic carbocycles. The van der Waals surface area contributed by atoms with Gasteiger partial charge in [-0.3, -0.25) is 4.90 Å². The predicted octanol–water partition coefficient (Wildman–Crippen LogP) is 1.89. The fraction of sp³-hybridized carbons (Fsp3) is 0.412. The van der Waals surface area contributed by atoms with Crippen molar-refractivity contribution >= 4 is 5.97 Å². The van der Waals surface area contributed by atoms with Crippen LogP contribution in [0.1, 0.15) is 17.4 Å². The first-order chi connectivity index (χ1) is 11.6. The first kappa shape index (κ1) is 16.6. The van der Waals surface area contributed by atoms with Gasteiger partial charge in [0.05, 0.1) is 18.9 Å². The zero-order chi connectivity index (χ0) is 16.9. The highest BCUT2D eigenvalue weighted by molar-refractivity contribution is 5.87. The number of aromatic nitrogens is 2. The number of carbonyl (C=O) groups excluding carboxylic acids is 1. The molecule has 0 saturated carbocycles. The number of benzene rings is 1. The molecule has 0 N–H and O–H groups in total. The third-order valence-corrected chi connectivity index (χ3v) is 3.82. The van der Waals surface area contributed by atoms with Crippen LogP contribution in [0.25, 0.3) is 5.69 Å². The number of esters is 1. The van der Waals surface area contributed by atoms with Crippen LogP contribution in [0.2, 0.25) is 0 Å². The van der Waals surface area contributed by atoms with Gasteiger partial charge < -0.3 is 9.47 Å². The molecular formula is C17H20FN3O3. The second-order valence-electron chi connectivity index (χ2n) is 5.75. The van der Waals surface area contributed by atoms with Crippen molar-refractivity contribution in [2.75, 3.05) is 32.8 Å². The monoisotopic (exact) mass is 333 g/mol. The summed E-state index contributed by atoms with van der Waals surface area (Å²) in [5.41, 5.74) is 0.907. The number of carbonyl (C=O) groups is 1. The topological polar surface area (TPSA) is 56.6 Å². The van der Waals surface area contributed by atoms with Crippen LogP contribution in [-0.2, 0) is 9.47 Å². The van der Waals surface area contributed by atoms with E-state index in [1.165, 1.54) is 16.8 Å². The van der Waals surface area contributed by atoms with Crippen LogP contribution in [0, 0.1) is 5.82 Å². The molecule has 2 heterocycles. The minimum atomic E-state index is -0.461. The molecule has 7 heteroatoms. The normalized spacial score (nSPS) is 16.8. The molecule has 24 heavy (non-hydrogen) atoms. The van der Waals surface area contributed by atoms with Crippen LogP contribution < -0.4 is 0 Å². The predicted molar refractivity (Wildman–Crippen MR) is 85.7 cm³/mol. The number of ether oxygens (including phenoxy) is 2. The van der Waals surface area contributed by atoms with Crippen molar-refractivity contribution in [2.24, 2.45) is 0 Å². The standard InChI is InChI=1S/C17H20FN3O3/c1-13(12-20-8-10-23-11-9-20)24-17(22)16-6-7-21(19-16)15-4-2-14(18)3-5-15/h2-7,13H,8-12H2,1H3/t13-/m1/s1. The average Bonchev–Trinajstić information content (AvgIpc) is 3.06. The van der Waals surface area contributed by atoms with Crippen LogP contribution in [0.3, 0.4) is 0 Å². The summed E-state index contributed by atoms with van der Waals surface area (Å²) in [5, 5.41) is 4.20. The van der Waals surface area contributed by atoms with Crippen LogP contribution in [-0.4, -0.2) is 59.6 Å². The van der Waals surface area contributed by atoms with Gasteiger partial charge in [0, 0.05) is 25.8 Å². The first-order valence-electron chi connectivity index (χ1n) is 7.94. The maximum Gasteiger partial charge on any atom is 0.359 e. The van der Waals surface area contributed by atoms with E-state index >= 15 is 0 Å². The third-order valence-electron chi connectivity index (χ3n) is 3.82. The zero-order valence-corrected chi connectivity index (χ0v) is 13.5. The lowest BCUT2D eigenvalue weighted by molar-refractivity contribution is 0.0000927. The molecule has 3 rings (SSSR count). The van der Waals surface area contributed by atoms with Crippen LogP contribution in [0.4, 0.5) is 4.39 Å². The summed E-state index contributed by atoms with van der Waals surface area (Å²) in [7, 11) is 0. The van der Waals surface area contributed by atoms with E-state index in [1.807, 2.05) is 6.92 Å². The molecule has 2 aromatic rings. The fourth-order valence-electron chi connectivity index (χ4n) is 2.60. The summed E-state index contributed by atoms with van der Waals surface area (Å²) in [6.07, 6.45) is 1.42. The van der Waals surface area contributed by atoms with Gasteiger partial charge in [0.1, 0.15) is 11.9 Å². The molecule has 0 aliphatic carbocycles. The SMILES string of the molecule is C[C@H](CN1CCOCC1)OC(=O)c1ccn(-c2ccc(F)cc2)n1. The van der Waals surface area contributed by atoms with Gasteiger partial charge in [-0.2, -0.15) is 5.10 Å². The number of hydrogen-bond donors (Lipinski definition) is 0. The Balaban J connectivity index is 1.58. The maximum absolute atomic E-state index is 13.0. The number of rotatable bonds is 5. The Labute approximate surface area is 139 Å². The maximum atomic E-state index is 13.0. The van der Waals surface area contributed by atoms with Gasteiger partial charge in [-0.1, -0.05) is 0 Å². The largest absolute Gasteiger partial charge is 0.457 e. The van der Waals surface area contributed by atoms with Crippen molar-refractivity contribution < 1.29 is 18.7 Å². The van der Waals surface area contributed by atoms with Crippen molar-refractivity contribution in [3.05, 3.63) is 48.0 Å². The molecule has 0 spiro atoms. The molecular weight excluding hydrogens is 313 g/mol. The van der Waals surface area contributed by atoms with Gasteiger partial charge in [0.15, 0.2) is 5.69 Å². The van der Waals surface area contributed by atoms with Crippen molar-refractivity contribution in [3.8, 4) is 5.69 Å². The lowest BCUT2D eigenvalue weighted by Gasteiger charge is -2.28. The lowest BCUT2D eigenvalue weighted by atomic mass is 10.3.